The number of carbonyl (C=O) groups is 2. The van der Waals surface area contributed by atoms with Gasteiger partial charge in [-0.1, -0.05) is 52.0 Å². The van der Waals surface area contributed by atoms with Crippen molar-refractivity contribution >= 4 is 29.7 Å². The largest absolute Gasteiger partial charge is 0.480 e. The molecule has 132 valence electrons. The van der Waals surface area contributed by atoms with Crippen LogP contribution in [-0.2, 0) is 15.0 Å². The fraction of sp³-hybridized carbons (Fsp3) is 0.474. The van der Waals surface area contributed by atoms with E-state index in [1.807, 2.05) is 31.2 Å². The maximum atomic E-state index is 11.9. The van der Waals surface area contributed by atoms with Crippen molar-refractivity contribution in [2.45, 2.75) is 45.6 Å². The third-order valence-electron chi connectivity index (χ3n) is 3.57. The molecule has 0 bridgehead atoms. The minimum atomic E-state index is -0.997. The van der Waals surface area contributed by atoms with E-state index in [0.717, 1.165) is 11.3 Å². The van der Waals surface area contributed by atoms with E-state index in [-0.39, 0.29) is 11.3 Å². The lowest BCUT2D eigenvalue weighted by Gasteiger charge is -2.18. The molecule has 2 N–H and O–H groups in total. The maximum Gasteiger partial charge on any atom is 0.326 e. The second-order valence-electron chi connectivity index (χ2n) is 6.59. The zero-order valence-electron chi connectivity index (χ0n) is 14.8. The summed E-state index contributed by atoms with van der Waals surface area (Å²) >= 11 is 1.66. The molecular weight excluding hydrogens is 322 g/mol. The summed E-state index contributed by atoms with van der Waals surface area (Å²) in [4.78, 5) is 23.1. The molecule has 1 unspecified atom stereocenters. The number of carboxylic acids is 1. The summed E-state index contributed by atoms with van der Waals surface area (Å²) in [6, 6.07) is 7.15. The summed E-state index contributed by atoms with van der Waals surface area (Å²) in [6.45, 7) is 8.46. The Hall–Kier alpha value is -1.75. The van der Waals surface area contributed by atoms with Crippen molar-refractivity contribution in [2.24, 2.45) is 0 Å². The summed E-state index contributed by atoms with van der Waals surface area (Å²) < 4.78 is 0. The Morgan fingerprint density at radius 1 is 1.25 bits per heavy atom. The van der Waals surface area contributed by atoms with Gasteiger partial charge in [-0.05, 0) is 40.5 Å². The van der Waals surface area contributed by atoms with Gasteiger partial charge >= 0.3 is 5.97 Å². The van der Waals surface area contributed by atoms with Crippen LogP contribution in [0.1, 0.15) is 45.2 Å². The molecule has 1 amide bonds. The SMILES string of the molecule is CCSCCC(NC(=O)/C=C/c1ccc(C(C)(C)C)cc1)C(=O)O. The number of carboxylic acid groups (broad SMARTS) is 1. The van der Waals surface area contributed by atoms with Gasteiger partial charge in [0.15, 0.2) is 0 Å². The van der Waals surface area contributed by atoms with Gasteiger partial charge in [0.05, 0.1) is 0 Å². The van der Waals surface area contributed by atoms with E-state index in [9.17, 15) is 9.59 Å². The van der Waals surface area contributed by atoms with Crippen LogP contribution < -0.4 is 5.32 Å². The van der Waals surface area contributed by atoms with E-state index in [2.05, 4.69) is 26.1 Å². The van der Waals surface area contributed by atoms with E-state index in [0.29, 0.717) is 12.2 Å². The zero-order chi connectivity index (χ0) is 18.2. The molecule has 0 radical (unpaired) electrons. The molecule has 1 aromatic rings. The first-order valence-electron chi connectivity index (χ1n) is 8.13. The van der Waals surface area contributed by atoms with Crippen molar-refractivity contribution in [1.29, 1.82) is 0 Å². The molecule has 5 heteroatoms. The normalized spacial score (nSPS) is 13.0. The van der Waals surface area contributed by atoms with Gasteiger partial charge in [0, 0.05) is 6.08 Å². The molecule has 1 aromatic carbocycles. The molecule has 0 aliphatic rings. The Morgan fingerprint density at radius 2 is 1.88 bits per heavy atom. The molecule has 0 saturated heterocycles. The van der Waals surface area contributed by atoms with Gasteiger partial charge in [-0.25, -0.2) is 4.79 Å². The first kappa shape index (κ1) is 20.3. The molecular formula is C19H27NO3S. The van der Waals surface area contributed by atoms with Crippen LogP contribution in [0.4, 0.5) is 0 Å². The number of aliphatic carboxylic acids is 1. The lowest BCUT2D eigenvalue weighted by atomic mass is 9.87. The number of nitrogens with one attached hydrogen (secondary N) is 1. The molecule has 0 aliphatic heterocycles. The van der Waals surface area contributed by atoms with Gasteiger partial charge in [-0.15, -0.1) is 0 Å². The molecule has 0 aliphatic carbocycles. The first-order chi connectivity index (χ1) is 11.2. The maximum absolute atomic E-state index is 11.9. The molecule has 1 rings (SSSR count). The lowest BCUT2D eigenvalue weighted by Crippen LogP contribution is -2.40. The van der Waals surface area contributed by atoms with Gasteiger partial charge in [-0.3, -0.25) is 4.79 Å². The van der Waals surface area contributed by atoms with Crippen molar-refractivity contribution < 1.29 is 14.7 Å². The second-order valence-corrected chi connectivity index (χ2v) is 7.98. The summed E-state index contributed by atoms with van der Waals surface area (Å²) in [6.07, 6.45) is 3.50. The quantitative estimate of drug-likeness (QED) is 0.555. The van der Waals surface area contributed by atoms with Crippen LogP contribution >= 0.6 is 11.8 Å². The van der Waals surface area contributed by atoms with Crippen LogP contribution in [0.25, 0.3) is 6.08 Å². The summed E-state index contributed by atoms with van der Waals surface area (Å²) in [5.41, 5.74) is 2.22. The Balaban J connectivity index is 2.62. The zero-order valence-corrected chi connectivity index (χ0v) is 15.7. The van der Waals surface area contributed by atoms with Gasteiger partial charge in [-0.2, -0.15) is 11.8 Å². The lowest BCUT2D eigenvalue weighted by molar-refractivity contribution is -0.141. The molecule has 0 fully saturated rings. The smallest absolute Gasteiger partial charge is 0.326 e. The number of hydrogen-bond acceptors (Lipinski definition) is 3. The van der Waals surface area contributed by atoms with Gasteiger partial charge in [0.25, 0.3) is 0 Å². The second kappa shape index (κ2) is 9.52. The number of carbonyl (C=O) groups excluding carboxylic acids is 1. The minimum Gasteiger partial charge on any atom is -0.480 e. The van der Waals surface area contributed by atoms with Crippen molar-refractivity contribution in [2.75, 3.05) is 11.5 Å². The highest BCUT2D eigenvalue weighted by Gasteiger charge is 2.18. The molecule has 0 heterocycles. The Kier molecular flexibility index (Phi) is 8.05. The van der Waals surface area contributed by atoms with E-state index in [4.69, 9.17) is 5.11 Å². The number of amides is 1. The monoisotopic (exact) mass is 349 g/mol. The molecule has 0 saturated carbocycles. The molecule has 0 spiro atoms. The summed E-state index contributed by atoms with van der Waals surface area (Å²) in [5.74, 6) is 0.267. The fourth-order valence-corrected chi connectivity index (χ4v) is 2.78. The van der Waals surface area contributed by atoms with Crippen molar-refractivity contribution in [3.8, 4) is 0 Å². The van der Waals surface area contributed by atoms with Crippen LogP contribution in [0, 0.1) is 0 Å². The number of hydrogen-bond donors (Lipinski definition) is 2. The highest BCUT2D eigenvalue weighted by Crippen LogP contribution is 2.22. The van der Waals surface area contributed by atoms with Crippen LogP contribution in [-0.4, -0.2) is 34.5 Å². The Labute approximate surface area is 148 Å². The number of thioether (sulfide) groups is 1. The summed E-state index contributed by atoms with van der Waals surface area (Å²) in [5, 5.41) is 11.7. The standard InChI is InChI=1S/C19H27NO3S/c1-5-24-13-12-16(18(22)23)20-17(21)11-8-14-6-9-15(10-7-14)19(2,3)4/h6-11,16H,5,12-13H2,1-4H3,(H,20,21)(H,22,23)/b11-8+. The van der Waals surface area contributed by atoms with E-state index in [1.165, 1.54) is 11.6 Å². The fourth-order valence-electron chi connectivity index (χ4n) is 2.09. The van der Waals surface area contributed by atoms with Crippen molar-refractivity contribution in [3.63, 3.8) is 0 Å². The van der Waals surface area contributed by atoms with Crippen molar-refractivity contribution in [1.82, 2.24) is 5.32 Å². The first-order valence-corrected chi connectivity index (χ1v) is 9.29. The highest BCUT2D eigenvalue weighted by atomic mass is 32.2. The average molecular weight is 349 g/mol. The van der Waals surface area contributed by atoms with Crippen LogP contribution in [0.3, 0.4) is 0 Å². The predicted molar refractivity (Wildman–Crippen MR) is 101 cm³/mol. The molecule has 24 heavy (non-hydrogen) atoms. The summed E-state index contributed by atoms with van der Waals surface area (Å²) in [7, 11) is 0. The van der Waals surface area contributed by atoms with Crippen LogP contribution in [0.2, 0.25) is 0 Å². The highest BCUT2D eigenvalue weighted by molar-refractivity contribution is 7.99. The molecule has 1 atom stereocenters. The van der Waals surface area contributed by atoms with Crippen LogP contribution in [0.5, 0.6) is 0 Å². The molecule has 0 aromatic heterocycles. The van der Waals surface area contributed by atoms with Gasteiger partial charge in [0.2, 0.25) is 5.91 Å². The third-order valence-corrected chi connectivity index (χ3v) is 4.51. The van der Waals surface area contributed by atoms with E-state index in [1.54, 1.807) is 17.8 Å². The van der Waals surface area contributed by atoms with Gasteiger partial charge in [0.1, 0.15) is 6.04 Å². The molecule has 4 nitrogen and oxygen atoms in total. The number of rotatable bonds is 8. The number of benzene rings is 1. The van der Waals surface area contributed by atoms with Crippen LogP contribution in [0.15, 0.2) is 30.3 Å². The van der Waals surface area contributed by atoms with E-state index < -0.39 is 12.0 Å². The van der Waals surface area contributed by atoms with Gasteiger partial charge < -0.3 is 10.4 Å². The minimum absolute atomic E-state index is 0.0881. The Bertz CT molecular complexity index is 573. The topological polar surface area (TPSA) is 66.4 Å². The Morgan fingerprint density at radius 3 is 2.38 bits per heavy atom. The predicted octanol–water partition coefficient (Wildman–Crippen LogP) is 3.71. The van der Waals surface area contributed by atoms with E-state index >= 15 is 0 Å². The van der Waals surface area contributed by atoms with Crippen molar-refractivity contribution in [3.05, 3.63) is 41.5 Å². The third kappa shape index (κ3) is 7.21. The average Bonchev–Trinajstić information content (AvgIpc) is 2.51.